The van der Waals surface area contributed by atoms with Crippen LogP contribution in [0.25, 0.3) is 10.9 Å². The Morgan fingerprint density at radius 1 is 1.23 bits per heavy atom. The number of carbonyl (C=O) groups is 3. The molecule has 0 radical (unpaired) electrons. The summed E-state index contributed by atoms with van der Waals surface area (Å²) in [6.45, 7) is 1.63. The molecule has 1 aromatic heterocycles. The fourth-order valence-corrected chi connectivity index (χ4v) is 2.37. The van der Waals surface area contributed by atoms with Crippen LogP contribution in [0, 0.1) is 0 Å². The van der Waals surface area contributed by atoms with E-state index < -0.39 is 11.8 Å². The minimum absolute atomic E-state index is 0.366. The molecule has 0 saturated carbocycles. The Bertz CT molecular complexity index is 718. The van der Waals surface area contributed by atoms with Gasteiger partial charge in [-0.15, -0.1) is 0 Å². The maximum atomic E-state index is 12.1. The van der Waals surface area contributed by atoms with Gasteiger partial charge in [0, 0.05) is 37.3 Å². The highest BCUT2D eigenvalue weighted by atomic mass is 16.2. The monoisotopic (exact) mass is 301 g/mol. The number of carbonyl (C=O) groups excluding carboxylic acids is 3. The number of benzene rings is 1. The minimum atomic E-state index is -0.682. The van der Waals surface area contributed by atoms with E-state index in [9.17, 15) is 14.4 Å². The average molecular weight is 301 g/mol. The van der Waals surface area contributed by atoms with Crippen molar-refractivity contribution in [3.63, 3.8) is 0 Å². The quantitative estimate of drug-likeness (QED) is 0.593. The summed E-state index contributed by atoms with van der Waals surface area (Å²) in [5.74, 6) is -1.27. The van der Waals surface area contributed by atoms with Crippen LogP contribution in [0.15, 0.2) is 24.4 Å². The average Bonchev–Trinajstić information content (AvgIpc) is 3.02. The number of H-pyrrole nitrogens is 1. The summed E-state index contributed by atoms with van der Waals surface area (Å²) in [5, 5.41) is 10.2. The predicted molar refractivity (Wildman–Crippen MR) is 78.9 cm³/mol. The lowest BCUT2D eigenvalue weighted by molar-refractivity contribution is -0.144. The molecule has 1 aromatic carbocycles. The fraction of sp³-hybridized carbons (Fsp3) is 0.286. The van der Waals surface area contributed by atoms with E-state index in [4.69, 9.17) is 0 Å². The molecule has 1 saturated heterocycles. The van der Waals surface area contributed by atoms with Gasteiger partial charge in [-0.05, 0) is 18.2 Å². The van der Waals surface area contributed by atoms with Crippen LogP contribution in [-0.2, 0) is 14.4 Å². The van der Waals surface area contributed by atoms with Crippen LogP contribution in [-0.4, -0.2) is 64.4 Å². The third kappa shape index (κ3) is 2.76. The van der Waals surface area contributed by atoms with Gasteiger partial charge in [0.1, 0.15) is 0 Å². The summed E-state index contributed by atoms with van der Waals surface area (Å²) in [4.78, 5) is 37.8. The molecule has 114 valence electrons. The van der Waals surface area contributed by atoms with Crippen LogP contribution >= 0.6 is 0 Å². The molecule has 0 spiro atoms. The molecule has 2 N–H and O–H groups in total. The summed E-state index contributed by atoms with van der Waals surface area (Å²) in [6.07, 6.45) is 2.43. The molecule has 22 heavy (non-hydrogen) atoms. The number of nitrogens with zero attached hydrogens (tertiary/aromatic N) is 3. The number of piperazine rings is 1. The molecule has 3 amide bonds. The van der Waals surface area contributed by atoms with E-state index in [1.807, 2.05) is 6.07 Å². The molecule has 8 heteroatoms. The Hall–Kier alpha value is -2.90. The van der Waals surface area contributed by atoms with Gasteiger partial charge < -0.3 is 15.1 Å². The van der Waals surface area contributed by atoms with Crippen LogP contribution in [0.2, 0.25) is 0 Å². The van der Waals surface area contributed by atoms with Crippen molar-refractivity contribution in [3.05, 3.63) is 24.4 Å². The lowest BCUT2D eigenvalue weighted by atomic mass is 10.2. The van der Waals surface area contributed by atoms with E-state index in [1.165, 1.54) is 4.90 Å². The summed E-state index contributed by atoms with van der Waals surface area (Å²) < 4.78 is 0. The first-order chi connectivity index (χ1) is 10.7. The molecule has 8 nitrogen and oxygen atoms in total. The molecule has 2 heterocycles. The number of anilines is 1. The van der Waals surface area contributed by atoms with Crippen molar-refractivity contribution in [1.82, 2.24) is 20.0 Å². The number of fused-ring (bicyclic) bond motifs is 1. The molecule has 1 aliphatic rings. The zero-order valence-electron chi connectivity index (χ0n) is 11.8. The lowest BCUT2D eigenvalue weighted by Gasteiger charge is -2.31. The molecule has 1 aliphatic heterocycles. The molecule has 0 bridgehead atoms. The number of aromatic nitrogens is 2. The zero-order chi connectivity index (χ0) is 15.5. The zero-order valence-corrected chi connectivity index (χ0v) is 11.8. The number of rotatable bonds is 2. The van der Waals surface area contributed by atoms with E-state index in [0.717, 1.165) is 17.3 Å². The second-order valence-electron chi connectivity index (χ2n) is 5.06. The van der Waals surface area contributed by atoms with E-state index in [0.29, 0.717) is 31.9 Å². The number of aromatic amines is 1. The van der Waals surface area contributed by atoms with E-state index in [2.05, 4.69) is 15.5 Å². The van der Waals surface area contributed by atoms with Crippen molar-refractivity contribution in [2.75, 3.05) is 31.5 Å². The van der Waals surface area contributed by atoms with Gasteiger partial charge in [0.2, 0.25) is 6.41 Å². The van der Waals surface area contributed by atoms with Crippen molar-refractivity contribution in [2.45, 2.75) is 0 Å². The highest BCUT2D eigenvalue weighted by Gasteiger charge is 2.25. The first kappa shape index (κ1) is 14.1. The standard InChI is InChI=1S/C14H15N5O3/c20-9-18-3-5-19(6-4-18)14(22)13(21)16-11-2-1-10-8-15-17-12(10)7-11/h1-2,7-9H,3-6H2,(H,15,17)(H,16,21). The van der Waals surface area contributed by atoms with Crippen LogP contribution in [0.4, 0.5) is 5.69 Å². The topological polar surface area (TPSA) is 98.4 Å². The largest absolute Gasteiger partial charge is 0.342 e. The summed E-state index contributed by atoms with van der Waals surface area (Å²) in [5.41, 5.74) is 1.31. The normalized spacial score (nSPS) is 14.9. The van der Waals surface area contributed by atoms with Crippen LogP contribution < -0.4 is 5.32 Å². The molecule has 0 unspecified atom stereocenters. The third-order valence-electron chi connectivity index (χ3n) is 3.64. The molecule has 1 fully saturated rings. The number of nitrogens with one attached hydrogen (secondary N) is 2. The van der Waals surface area contributed by atoms with Crippen LogP contribution in [0.1, 0.15) is 0 Å². The highest BCUT2D eigenvalue weighted by molar-refractivity contribution is 6.39. The molecular formula is C14H15N5O3. The molecule has 3 rings (SSSR count). The van der Waals surface area contributed by atoms with E-state index in [1.54, 1.807) is 23.2 Å². The molecule has 0 atom stereocenters. The second-order valence-corrected chi connectivity index (χ2v) is 5.06. The van der Waals surface area contributed by atoms with Crippen molar-refractivity contribution in [2.24, 2.45) is 0 Å². The number of hydrogen-bond acceptors (Lipinski definition) is 4. The lowest BCUT2D eigenvalue weighted by Crippen LogP contribution is -2.51. The molecule has 2 aromatic rings. The predicted octanol–water partition coefficient (Wildman–Crippen LogP) is -0.198. The summed E-state index contributed by atoms with van der Waals surface area (Å²) >= 11 is 0. The molecule has 0 aliphatic carbocycles. The maximum Gasteiger partial charge on any atom is 0.313 e. The van der Waals surface area contributed by atoms with Gasteiger partial charge in [0.15, 0.2) is 0 Å². The molecular weight excluding hydrogens is 286 g/mol. The minimum Gasteiger partial charge on any atom is -0.342 e. The third-order valence-corrected chi connectivity index (χ3v) is 3.64. The van der Waals surface area contributed by atoms with Crippen LogP contribution in [0.3, 0.4) is 0 Å². The Kier molecular flexibility index (Phi) is 3.73. The Balaban J connectivity index is 1.63. The van der Waals surface area contributed by atoms with Gasteiger partial charge >= 0.3 is 11.8 Å². The first-order valence-electron chi connectivity index (χ1n) is 6.90. The van der Waals surface area contributed by atoms with E-state index in [-0.39, 0.29) is 0 Å². The van der Waals surface area contributed by atoms with Crippen molar-refractivity contribution in [1.29, 1.82) is 0 Å². The fourth-order valence-electron chi connectivity index (χ4n) is 2.37. The number of amides is 3. The van der Waals surface area contributed by atoms with Crippen molar-refractivity contribution >= 4 is 34.8 Å². The van der Waals surface area contributed by atoms with Gasteiger partial charge in [0.05, 0.1) is 11.7 Å². The van der Waals surface area contributed by atoms with Gasteiger partial charge in [-0.2, -0.15) is 5.10 Å². The Morgan fingerprint density at radius 3 is 2.73 bits per heavy atom. The van der Waals surface area contributed by atoms with Crippen LogP contribution in [0.5, 0.6) is 0 Å². The summed E-state index contributed by atoms with van der Waals surface area (Å²) in [6, 6.07) is 5.24. The smallest absolute Gasteiger partial charge is 0.313 e. The maximum absolute atomic E-state index is 12.1. The van der Waals surface area contributed by atoms with Crippen molar-refractivity contribution in [3.8, 4) is 0 Å². The van der Waals surface area contributed by atoms with Gasteiger partial charge in [-0.3, -0.25) is 19.5 Å². The number of hydrogen-bond donors (Lipinski definition) is 2. The van der Waals surface area contributed by atoms with Crippen molar-refractivity contribution < 1.29 is 14.4 Å². The van der Waals surface area contributed by atoms with Gasteiger partial charge in [0.25, 0.3) is 0 Å². The van der Waals surface area contributed by atoms with Gasteiger partial charge in [-0.1, -0.05) is 0 Å². The summed E-state index contributed by atoms with van der Waals surface area (Å²) in [7, 11) is 0. The van der Waals surface area contributed by atoms with Gasteiger partial charge in [-0.25, -0.2) is 0 Å². The highest BCUT2D eigenvalue weighted by Crippen LogP contribution is 2.16. The second kappa shape index (κ2) is 5.84. The first-order valence-corrected chi connectivity index (χ1v) is 6.90. The van der Waals surface area contributed by atoms with E-state index >= 15 is 0 Å². The Morgan fingerprint density at radius 2 is 2.00 bits per heavy atom. The Labute approximate surface area is 126 Å². The SMILES string of the molecule is O=CN1CCN(C(=O)C(=O)Nc2ccc3cn[nH]c3c2)CC1.